The van der Waals surface area contributed by atoms with Gasteiger partial charge >= 0.3 is 0 Å². The van der Waals surface area contributed by atoms with Crippen LogP contribution in [0.5, 0.6) is 0 Å². The molecule has 108 valence electrons. The number of aromatic nitrogens is 3. The normalized spacial score (nSPS) is 33.9. The number of aliphatic hydroxyl groups is 3. The number of aliphatic hydroxyl groups excluding tert-OH is 2. The number of thioether (sulfide) groups is 1. The average Bonchev–Trinajstić information content (AvgIpc) is 2.92. The number of hydrogen-bond acceptors (Lipinski definition) is 7. The summed E-state index contributed by atoms with van der Waals surface area (Å²) in [5.41, 5.74) is 5.02. The summed E-state index contributed by atoms with van der Waals surface area (Å²) in [7, 11) is 0. The molecule has 1 fully saturated rings. The van der Waals surface area contributed by atoms with Crippen molar-refractivity contribution in [3.05, 3.63) is 18.6 Å². The first kappa shape index (κ1) is 13.6. The Hall–Kier alpha value is -1.35. The summed E-state index contributed by atoms with van der Waals surface area (Å²) < 4.78 is 1.76. The minimum Gasteiger partial charge on any atom is -0.395 e. The molecule has 0 aliphatic carbocycles. The van der Waals surface area contributed by atoms with Crippen LogP contribution in [0.1, 0.15) is 12.3 Å². The fraction of sp³-hybridized carbons (Fsp3) is 0.500. The highest BCUT2D eigenvalue weighted by molar-refractivity contribution is 8.00. The number of nitrogens with zero attached hydrogens (tertiary/aromatic N) is 3. The molecular formula is C12H16N4O3S. The van der Waals surface area contributed by atoms with Crippen LogP contribution in [0.15, 0.2) is 18.6 Å². The summed E-state index contributed by atoms with van der Waals surface area (Å²) in [5.74, 6) is 0.371. The summed E-state index contributed by atoms with van der Waals surface area (Å²) in [5, 5.41) is 29.8. The molecule has 3 rings (SSSR count). The first-order valence-corrected chi connectivity index (χ1v) is 7.15. The number of nitrogens with two attached hydrogens (primary N) is 1. The molecule has 5 N–H and O–H groups in total. The Morgan fingerprint density at radius 3 is 2.90 bits per heavy atom. The van der Waals surface area contributed by atoms with E-state index in [0.717, 1.165) is 0 Å². The van der Waals surface area contributed by atoms with Gasteiger partial charge in [-0.25, -0.2) is 9.97 Å². The molecule has 0 bridgehead atoms. The highest BCUT2D eigenvalue weighted by atomic mass is 32.2. The maximum absolute atomic E-state index is 10.5. The predicted octanol–water partition coefficient (Wildman–Crippen LogP) is -0.268. The van der Waals surface area contributed by atoms with Crippen molar-refractivity contribution in [3.8, 4) is 0 Å². The summed E-state index contributed by atoms with van der Waals surface area (Å²) in [4.78, 5) is 8.12. The minimum atomic E-state index is -1.37. The third kappa shape index (κ3) is 1.80. The quantitative estimate of drug-likeness (QED) is 0.602. The fourth-order valence-corrected chi connectivity index (χ4v) is 4.13. The van der Waals surface area contributed by atoms with E-state index in [2.05, 4.69) is 9.97 Å². The number of fused-ring (bicyclic) bond motifs is 1. The maximum atomic E-state index is 10.5. The van der Waals surface area contributed by atoms with Crippen molar-refractivity contribution >= 4 is 28.6 Å². The van der Waals surface area contributed by atoms with Crippen molar-refractivity contribution in [1.82, 2.24) is 14.5 Å². The minimum absolute atomic E-state index is 0.200. The molecule has 0 saturated carbocycles. The topological polar surface area (TPSA) is 117 Å². The van der Waals surface area contributed by atoms with Crippen LogP contribution < -0.4 is 5.73 Å². The second kappa shape index (κ2) is 4.59. The highest BCUT2D eigenvalue weighted by Gasteiger charge is 2.52. The van der Waals surface area contributed by atoms with Crippen LogP contribution in [0.25, 0.3) is 11.0 Å². The van der Waals surface area contributed by atoms with Crippen molar-refractivity contribution in [2.75, 3.05) is 12.3 Å². The van der Waals surface area contributed by atoms with Crippen LogP contribution in [-0.2, 0) is 0 Å². The molecule has 0 amide bonds. The Kier molecular flexibility index (Phi) is 3.13. The van der Waals surface area contributed by atoms with Gasteiger partial charge in [0, 0.05) is 6.20 Å². The van der Waals surface area contributed by atoms with Gasteiger partial charge in [-0.2, -0.15) is 0 Å². The van der Waals surface area contributed by atoms with Crippen molar-refractivity contribution in [1.29, 1.82) is 0 Å². The van der Waals surface area contributed by atoms with E-state index in [-0.39, 0.29) is 6.61 Å². The second-order valence-corrected chi connectivity index (χ2v) is 6.42. The first-order valence-electron chi connectivity index (χ1n) is 6.20. The Morgan fingerprint density at radius 1 is 1.50 bits per heavy atom. The number of hydrogen-bond donors (Lipinski definition) is 4. The van der Waals surface area contributed by atoms with Gasteiger partial charge in [-0.1, -0.05) is 0 Å². The number of anilines is 1. The monoisotopic (exact) mass is 296 g/mol. The molecule has 3 heterocycles. The zero-order chi connectivity index (χ0) is 14.5. The molecule has 1 aliphatic heterocycles. The van der Waals surface area contributed by atoms with Crippen LogP contribution in [0, 0.1) is 0 Å². The summed E-state index contributed by atoms with van der Waals surface area (Å²) in [6.45, 7) is 1.36. The number of nitrogen functional groups attached to an aromatic ring is 1. The van der Waals surface area contributed by atoms with E-state index in [4.69, 9.17) is 5.73 Å². The Labute approximate surface area is 119 Å². The van der Waals surface area contributed by atoms with Gasteiger partial charge in [-0.05, 0) is 13.0 Å². The van der Waals surface area contributed by atoms with Crippen molar-refractivity contribution in [2.45, 2.75) is 29.3 Å². The molecule has 1 saturated heterocycles. The van der Waals surface area contributed by atoms with Crippen LogP contribution in [0.3, 0.4) is 0 Å². The lowest BCUT2D eigenvalue weighted by Gasteiger charge is -2.29. The summed E-state index contributed by atoms with van der Waals surface area (Å²) >= 11 is 1.32. The van der Waals surface area contributed by atoms with E-state index in [9.17, 15) is 15.3 Å². The van der Waals surface area contributed by atoms with E-state index in [1.54, 1.807) is 23.8 Å². The fourth-order valence-electron chi connectivity index (χ4n) is 2.57. The van der Waals surface area contributed by atoms with E-state index in [1.807, 2.05) is 0 Å². The molecule has 2 aromatic heterocycles. The lowest BCUT2D eigenvalue weighted by atomic mass is 9.96. The third-order valence-electron chi connectivity index (χ3n) is 3.73. The largest absolute Gasteiger partial charge is 0.395 e. The lowest BCUT2D eigenvalue weighted by Crippen LogP contribution is -2.44. The molecule has 0 unspecified atom stereocenters. The molecule has 2 aromatic rings. The molecule has 7 nitrogen and oxygen atoms in total. The molecule has 1 aliphatic rings. The third-order valence-corrected chi connectivity index (χ3v) is 5.45. The SMILES string of the molecule is C[C@@]1(O)[C@H](O)[C@@H](CO)S[C@H]1n1ccc2c(N)ncnc21. The van der Waals surface area contributed by atoms with Crippen molar-refractivity contribution < 1.29 is 15.3 Å². The molecule has 0 aromatic carbocycles. The summed E-state index contributed by atoms with van der Waals surface area (Å²) in [6, 6.07) is 1.78. The average molecular weight is 296 g/mol. The van der Waals surface area contributed by atoms with E-state index < -0.39 is 22.3 Å². The summed E-state index contributed by atoms with van der Waals surface area (Å²) in [6.07, 6.45) is 2.11. The molecule has 0 spiro atoms. The van der Waals surface area contributed by atoms with E-state index in [1.165, 1.54) is 18.1 Å². The van der Waals surface area contributed by atoms with Gasteiger partial charge in [0.15, 0.2) is 0 Å². The zero-order valence-corrected chi connectivity index (χ0v) is 11.7. The highest BCUT2D eigenvalue weighted by Crippen LogP contribution is 2.49. The Balaban J connectivity index is 2.10. The van der Waals surface area contributed by atoms with Gasteiger partial charge in [-0.15, -0.1) is 11.8 Å². The standard InChI is InChI=1S/C12H16N4O3S/c1-12(19)8(18)7(4-17)20-11(12)16-3-2-6-9(13)14-5-15-10(6)16/h2-3,5,7-8,11,17-19H,4H2,1H3,(H2,13,14,15)/t7-,8-,11-,12-/m1/s1. The van der Waals surface area contributed by atoms with Gasteiger partial charge in [-0.3, -0.25) is 0 Å². The van der Waals surface area contributed by atoms with Crippen LogP contribution in [0.4, 0.5) is 5.82 Å². The second-order valence-electron chi connectivity index (χ2n) is 5.10. The van der Waals surface area contributed by atoms with Gasteiger partial charge in [0.25, 0.3) is 0 Å². The van der Waals surface area contributed by atoms with Crippen LogP contribution in [-0.4, -0.2) is 53.4 Å². The predicted molar refractivity (Wildman–Crippen MR) is 76.1 cm³/mol. The van der Waals surface area contributed by atoms with Gasteiger partial charge < -0.3 is 25.6 Å². The molecule has 8 heteroatoms. The zero-order valence-electron chi connectivity index (χ0n) is 10.8. The van der Waals surface area contributed by atoms with Gasteiger partial charge in [0.05, 0.1) is 23.3 Å². The molecule has 20 heavy (non-hydrogen) atoms. The van der Waals surface area contributed by atoms with Crippen LogP contribution in [0.2, 0.25) is 0 Å². The van der Waals surface area contributed by atoms with Gasteiger partial charge in [0.1, 0.15) is 28.8 Å². The van der Waals surface area contributed by atoms with Crippen molar-refractivity contribution in [3.63, 3.8) is 0 Å². The number of rotatable bonds is 2. The van der Waals surface area contributed by atoms with Gasteiger partial charge in [0.2, 0.25) is 0 Å². The first-order chi connectivity index (χ1) is 9.46. The molecular weight excluding hydrogens is 280 g/mol. The van der Waals surface area contributed by atoms with Crippen molar-refractivity contribution in [2.24, 2.45) is 0 Å². The smallest absolute Gasteiger partial charge is 0.146 e. The van der Waals surface area contributed by atoms with E-state index in [0.29, 0.717) is 16.9 Å². The maximum Gasteiger partial charge on any atom is 0.146 e. The molecule has 0 radical (unpaired) electrons. The van der Waals surface area contributed by atoms with Crippen LogP contribution >= 0.6 is 11.8 Å². The molecule has 4 atom stereocenters. The Morgan fingerprint density at radius 2 is 2.25 bits per heavy atom. The Bertz CT molecular complexity index is 645. The van der Waals surface area contributed by atoms with E-state index >= 15 is 0 Å². The lowest BCUT2D eigenvalue weighted by molar-refractivity contribution is -0.0671.